The Bertz CT molecular complexity index is 308. The van der Waals surface area contributed by atoms with Gasteiger partial charge >= 0.3 is 0 Å². The summed E-state index contributed by atoms with van der Waals surface area (Å²) in [6, 6.07) is 0. The Morgan fingerprint density at radius 3 is 2.71 bits per heavy atom. The molecule has 3 nitrogen and oxygen atoms in total. The molecule has 0 aromatic carbocycles. The van der Waals surface area contributed by atoms with Crippen molar-refractivity contribution in [2.75, 3.05) is 0 Å². The molecule has 2 N–H and O–H groups in total. The number of carbonyl (C=O) groups is 1. The van der Waals surface area contributed by atoms with E-state index in [1.54, 1.807) is 5.48 Å². The smallest absolute Gasteiger partial charge is 0.253 e. The van der Waals surface area contributed by atoms with Gasteiger partial charge in [-0.3, -0.25) is 10.0 Å². The van der Waals surface area contributed by atoms with Gasteiger partial charge in [0.1, 0.15) is 0 Å². The minimum Gasteiger partial charge on any atom is -0.289 e. The predicted molar refractivity (Wildman–Crippen MR) is 52.6 cm³/mol. The second-order valence-corrected chi connectivity index (χ2v) is 5.16. The first-order valence-electron chi connectivity index (χ1n) is 5.09. The van der Waals surface area contributed by atoms with Crippen molar-refractivity contribution in [1.82, 2.24) is 5.48 Å². The van der Waals surface area contributed by atoms with Crippen molar-refractivity contribution in [2.24, 2.45) is 16.7 Å². The van der Waals surface area contributed by atoms with Crippen LogP contribution in [0.5, 0.6) is 0 Å². The third-order valence-corrected chi connectivity index (χ3v) is 4.43. The molecule has 2 bridgehead atoms. The van der Waals surface area contributed by atoms with Gasteiger partial charge < -0.3 is 0 Å². The molecule has 1 amide bonds. The number of hydrogen-bond donors (Lipinski definition) is 2. The van der Waals surface area contributed by atoms with Crippen LogP contribution in [0.25, 0.3) is 0 Å². The maximum Gasteiger partial charge on any atom is 0.253 e. The van der Waals surface area contributed by atoms with Crippen LogP contribution in [-0.2, 0) is 4.79 Å². The molecule has 14 heavy (non-hydrogen) atoms. The van der Waals surface area contributed by atoms with E-state index < -0.39 is 5.41 Å². The van der Waals surface area contributed by atoms with Gasteiger partial charge in [0.25, 0.3) is 5.91 Å². The molecule has 3 heteroatoms. The fraction of sp³-hybridized carbons (Fsp3) is 0.727. The number of carbonyl (C=O) groups excluding carboxylic acids is 1. The zero-order chi connectivity index (χ0) is 10.6. The molecule has 0 spiro atoms. The summed E-state index contributed by atoms with van der Waals surface area (Å²) in [7, 11) is 0. The van der Waals surface area contributed by atoms with Gasteiger partial charge in [-0.25, -0.2) is 5.48 Å². The number of amides is 1. The number of nitrogens with one attached hydrogen (secondary N) is 1. The number of hydroxylamine groups is 1. The summed E-state index contributed by atoms with van der Waals surface area (Å²) in [4.78, 5) is 11.7. The molecule has 0 saturated heterocycles. The van der Waals surface area contributed by atoms with Gasteiger partial charge in [0.05, 0.1) is 5.41 Å². The molecule has 2 saturated carbocycles. The van der Waals surface area contributed by atoms with Gasteiger partial charge in [-0.1, -0.05) is 26.0 Å². The first-order valence-corrected chi connectivity index (χ1v) is 5.09. The lowest BCUT2D eigenvalue weighted by atomic mass is 9.68. The SMILES string of the molecule is C=C1C(C)(C)[C@H]2CC[C@]1(C(=O)NO)C2. The van der Waals surface area contributed by atoms with Gasteiger partial charge in [-0.05, 0) is 30.6 Å². The number of hydrogen-bond acceptors (Lipinski definition) is 2. The zero-order valence-corrected chi connectivity index (χ0v) is 8.76. The van der Waals surface area contributed by atoms with Crippen LogP contribution >= 0.6 is 0 Å². The van der Waals surface area contributed by atoms with Crippen molar-refractivity contribution < 1.29 is 10.0 Å². The van der Waals surface area contributed by atoms with Crippen LogP contribution in [0.4, 0.5) is 0 Å². The molecular weight excluding hydrogens is 178 g/mol. The van der Waals surface area contributed by atoms with Crippen molar-refractivity contribution in [1.29, 1.82) is 0 Å². The Kier molecular flexibility index (Phi) is 1.80. The van der Waals surface area contributed by atoms with E-state index in [-0.39, 0.29) is 11.3 Å². The Labute approximate surface area is 84.1 Å². The summed E-state index contributed by atoms with van der Waals surface area (Å²) in [5, 5.41) is 8.76. The van der Waals surface area contributed by atoms with Crippen molar-refractivity contribution in [3.05, 3.63) is 12.2 Å². The van der Waals surface area contributed by atoms with E-state index in [9.17, 15) is 4.79 Å². The van der Waals surface area contributed by atoms with E-state index in [1.165, 1.54) is 0 Å². The third kappa shape index (κ3) is 0.883. The number of rotatable bonds is 1. The summed E-state index contributed by atoms with van der Waals surface area (Å²) >= 11 is 0. The van der Waals surface area contributed by atoms with Crippen molar-refractivity contribution >= 4 is 5.91 Å². The Morgan fingerprint density at radius 1 is 1.64 bits per heavy atom. The summed E-state index contributed by atoms with van der Waals surface area (Å²) in [6.45, 7) is 8.35. The molecule has 2 rings (SSSR count). The maximum absolute atomic E-state index is 11.7. The first-order chi connectivity index (χ1) is 6.45. The zero-order valence-electron chi connectivity index (χ0n) is 8.76. The second kappa shape index (κ2) is 2.60. The van der Waals surface area contributed by atoms with E-state index in [1.807, 2.05) is 0 Å². The summed E-state index contributed by atoms with van der Waals surface area (Å²) in [6.07, 6.45) is 2.76. The average molecular weight is 195 g/mol. The van der Waals surface area contributed by atoms with Crippen molar-refractivity contribution in [3.63, 3.8) is 0 Å². The summed E-state index contributed by atoms with van der Waals surface area (Å²) in [5.74, 6) is 0.280. The Balaban J connectivity index is 2.40. The van der Waals surface area contributed by atoms with Crippen molar-refractivity contribution in [3.8, 4) is 0 Å². The highest BCUT2D eigenvalue weighted by Gasteiger charge is 2.60. The van der Waals surface area contributed by atoms with Crippen LogP contribution in [0.2, 0.25) is 0 Å². The van der Waals surface area contributed by atoms with E-state index in [2.05, 4.69) is 20.4 Å². The van der Waals surface area contributed by atoms with E-state index in [0.717, 1.165) is 24.8 Å². The molecule has 0 aliphatic heterocycles. The standard InChI is InChI=1S/C11H17NO2/c1-7-10(2,3)8-4-5-11(7,6-8)9(13)12-14/h8,14H,1,4-6H2,2-3H3,(H,12,13)/t8-,11-/m0/s1. The molecule has 2 aliphatic carbocycles. The molecule has 2 atom stereocenters. The van der Waals surface area contributed by atoms with Gasteiger partial charge in [0.2, 0.25) is 0 Å². The van der Waals surface area contributed by atoms with E-state index in [4.69, 9.17) is 5.21 Å². The second-order valence-electron chi connectivity index (χ2n) is 5.16. The number of fused-ring (bicyclic) bond motifs is 2. The Morgan fingerprint density at radius 2 is 2.29 bits per heavy atom. The molecule has 0 aromatic heterocycles. The molecule has 0 radical (unpaired) electrons. The lowest BCUT2D eigenvalue weighted by Gasteiger charge is -2.36. The first kappa shape index (κ1) is 9.71. The van der Waals surface area contributed by atoms with Crippen LogP contribution in [0, 0.1) is 16.7 Å². The minimum absolute atomic E-state index is 0.0464. The minimum atomic E-state index is -0.483. The highest BCUT2D eigenvalue weighted by atomic mass is 16.5. The van der Waals surface area contributed by atoms with Crippen LogP contribution in [0.1, 0.15) is 33.1 Å². The molecule has 2 fully saturated rings. The monoisotopic (exact) mass is 195 g/mol. The quantitative estimate of drug-likeness (QED) is 0.381. The molecule has 0 unspecified atom stereocenters. The fourth-order valence-corrected chi connectivity index (χ4v) is 3.25. The average Bonchev–Trinajstić information content (AvgIpc) is 2.66. The molecule has 0 aromatic rings. The van der Waals surface area contributed by atoms with Gasteiger partial charge in [0, 0.05) is 0 Å². The Hall–Kier alpha value is -0.830. The fourth-order valence-electron chi connectivity index (χ4n) is 3.25. The third-order valence-electron chi connectivity index (χ3n) is 4.43. The highest BCUT2D eigenvalue weighted by molar-refractivity contribution is 5.86. The van der Waals surface area contributed by atoms with Gasteiger partial charge in [-0.2, -0.15) is 0 Å². The summed E-state index contributed by atoms with van der Waals surface area (Å²) in [5.41, 5.74) is 2.35. The molecular formula is C11H17NO2. The normalized spacial score (nSPS) is 38.8. The van der Waals surface area contributed by atoms with Gasteiger partial charge in [0.15, 0.2) is 0 Å². The maximum atomic E-state index is 11.7. The molecule has 0 heterocycles. The predicted octanol–water partition coefficient (Wildman–Crippen LogP) is 1.87. The van der Waals surface area contributed by atoms with Crippen LogP contribution < -0.4 is 5.48 Å². The van der Waals surface area contributed by atoms with Crippen LogP contribution in [0.3, 0.4) is 0 Å². The molecule has 2 aliphatic rings. The van der Waals surface area contributed by atoms with Crippen LogP contribution in [0.15, 0.2) is 12.2 Å². The van der Waals surface area contributed by atoms with E-state index in [0.29, 0.717) is 5.92 Å². The van der Waals surface area contributed by atoms with Crippen LogP contribution in [-0.4, -0.2) is 11.1 Å². The summed E-state index contributed by atoms with van der Waals surface area (Å²) < 4.78 is 0. The lowest BCUT2D eigenvalue weighted by Crippen LogP contribution is -2.40. The highest BCUT2D eigenvalue weighted by Crippen LogP contribution is 2.65. The largest absolute Gasteiger partial charge is 0.289 e. The lowest BCUT2D eigenvalue weighted by molar-refractivity contribution is -0.137. The molecule has 78 valence electrons. The van der Waals surface area contributed by atoms with Gasteiger partial charge in [-0.15, -0.1) is 0 Å². The van der Waals surface area contributed by atoms with E-state index >= 15 is 0 Å². The van der Waals surface area contributed by atoms with Crippen molar-refractivity contribution in [2.45, 2.75) is 33.1 Å². The topological polar surface area (TPSA) is 49.3 Å².